The third-order valence-electron chi connectivity index (χ3n) is 8.57. The maximum absolute atomic E-state index is 13.0. The zero-order valence-corrected chi connectivity index (χ0v) is 19.3. The summed E-state index contributed by atoms with van der Waals surface area (Å²) in [5.41, 5.74) is 0.627. The van der Waals surface area contributed by atoms with E-state index in [1.165, 1.54) is 25.0 Å². The van der Waals surface area contributed by atoms with Crippen molar-refractivity contribution >= 4 is 5.91 Å². The molecule has 1 aromatic heterocycles. The Balaban J connectivity index is 0.938. The predicted molar refractivity (Wildman–Crippen MR) is 120 cm³/mol. The molecular formula is C26H31F3N4O. The Kier molecular flexibility index (Phi) is 5.26. The smallest absolute Gasteiger partial charge is 0.341 e. The van der Waals surface area contributed by atoms with Crippen molar-refractivity contribution in [3.8, 4) is 0 Å². The molecule has 8 heteroatoms. The molecule has 3 aliphatic carbocycles. The number of carbonyl (C=O) groups is 1. The highest BCUT2D eigenvalue weighted by Gasteiger charge is 2.55. The maximum atomic E-state index is 13.0. The Morgan fingerprint density at radius 2 is 1.68 bits per heavy atom. The van der Waals surface area contributed by atoms with E-state index in [0.29, 0.717) is 23.7 Å². The van der Waals surface area contributed by atoms with Gasteiger partial charge in [0, 0.05) is 36.3 Å². The van der Waals surface area contributed by atoms with Gasteiger partial charge in [-0.1, -0.05) is 12.1 Å². The van der Waals surface area contributed by atoms with Crippen LogP contribution in [-0.4, -0.2) is 39.1 Å². The number of aromatic amines is 1. The average Bonchev–Trinajstić information content (AvgIpc) is 3.50. The number of alkyl halides is 3. The Labute approximate surface area is 197 Å². The van der Waals surface area contributed by atoms with E-state index in [1.54, 1.807) is 12.1 Å². The van der Waals surface area contributed by atoms with Gasteiger partial charge in [-0.25, -0.2) is 4.98 Å². The number of carbonyl (C=O) groups excluding carboxylic acids is 1. The summed E-state index contributed by atoms with van der Waals surface area (Å²) in [4.78, 5) is 19.8. The SMILES string of the molecule is O=C(C1CCC(Cc2ccc(C(F)(F)F)cc2)CC1)N1CC2(CC(c3n[nH]c(C4CC4)n3)C2)C1. The van der Waals surface area contributed by atoms with E-state index < -0.39 is 11.7 Å². The molecule has 1 amide bonds. The fraction of sp³-hybridized carbons (Fsp3) is 0.654. The van der Waals surface area contributed by atoms with Crippen LogP contribution in [0.1, 0.15) is 86.0 Å². The molecule has 0 unspecified atom stereocenters. The van der Waals surface area contributed by atoms with Gasteiger partial charge in [0.05, 0.1) is 5.56 Å². The predicted octanol–water partition coefficient (Wildman–Crippen LogP) is 5.46. The van der Waals surface area contributed by atoms with Crippen LogP contribution in [-0.2, 0) is 17.4 Å². The zero-order valence-electron chi connectivity index (χ0n) is 19.3. The minimum absolute atomic E-state index is 0.103. The van der Waals surface area contributed by atoms with Gasteiger partial charge in [0.1, 0.15) is 5.82 Å². The zero-order chi connectivity index (χ0) is 23.5. The van der Waals surface area contributed by atoms with Gasteiger partial charge in [-0.05, 0) is 81.4 Å². The van der Waals surface area contributed by atoms with Crippen LogP contribution in [0.4, 0.5) is 13.2 Å². The van der Waals surface area contributed by atoms with Crippen molar-refractivity contribution < 1.29 is 18.0 Å². The summed E-state index contributed by atoms with van der Waals surface area (Å²) in [5, 5.41) is 7.54. The topological polar surface area (TPSA) is 61.9 Å². The minimum atomic E-state index is -4.29. The summed E-state index contributed by atoms with van der Waals surface area (Å²) >= 11 is 0. The summed E-state index contributed by atoms with van der Waals surface area (Å²) in [6.45, 7) is 1.74. The van der Waals surface area contributed by atoms with E-state index in [9.17, 15) is 18.0 Å². The van der Waals surface area contributed by atoms with Gasteiger partial charge >= 0.3 is 6.18 Å². The number of halogens is 3. The second-order valence-corrected chi connectivity index (χ2v) is 11.3. The molecule has 3 saturated carbocycles. The van der Waals surface area contributed by atoms with E-state index >= 15 is 0 Å². The number of likely N-dealkylation sites (tertiary alicyclic amines) is 1. The molecule has 5 nitrogen and oxygen atoms in total. The second-order valence-electron chi connectivity index (χ2n) is 11.3. The first kappa shape index (κ1) is 22.1. The lowest BCUT2D eigenvalue weighted by atomic mass is 9.57. The second kappa shape index (κ2) is 8.09. The van der Waals surface area contributed by atoms with Crippen molar-refractivity contribution in [2.24, 2.45) is 17.3 Å². The van der Waals surface area contributed by atoms with Crippen molar-refractivity contribution in [1.82, 2.24) is 20.1 Å². The highest BCUT2D eigenvalue weighted by atomic mass is 19.4. The summed E-state index contributed by atoms with van der Waals surface area (Å²) in [7, 11) is 0. The number of H-pyrrole nitrogens is 1. The Hall–Kier alpha value is -2.38. The monoisotopic (exact) mass is 472 g/mol. The quantitative estimate of drug-likeness (QED) is 0.629. The van der Waals surface area contributed by atoms with E-state index in [2.05, 4.69) is 10.2 Å². The molecule has 1 aliphatic heterocycles. The fourth-order valence-electron chi connectivity index (χ4n) is 6.39. The van der Waals surface area contributed by atoms with Crippen molar-refractivity contribution in [2.75, 3.05) is 13.1 Å². The summed E-state index contributed by atoms with van der Waals surface area (Å²) in [6.07, 6.45) is 4.80. The molecule has 0 bridgehead atoms. The number of amides is 1. The van der Waals surface area contributed by atoms with Gasteiger partial charge in [0.2, 0.25) is 5.91 Å². The van der Waals surface area contributed by atoms with E-state index in [1.807, 2.05) is 4.90 Å². The van der Waals surface area contributed by atoms with Gasteiger partial charge in [-0.3, -0.25) is 9.89 Å². The number of nitrogens with zero attached hydrogens (tertiary/aromatic N) is 3. The van der Waals surface area contributed by atoms with Crippen molar-refractivity contribution in [3.63, 3.8) is 0 Å². The number of hydrogen-bond acceptors (Lipinski definition) is 3. The fourth-order valence-corrected chi connectivity index (χ4v) is 6.39. The number of aromatic nitrogens is 3. The van der Waals surface area contributed by atoms with Crippen molar-refractivity contribution in [2.45, 2.75) is 75.8 Å². The van der Waals surface area contributed by atoms with Crippen LogP contribution in [0.3, 0.4) is 0 Å². The molecule has 0 atom stereocenters. The average molecular weight is 473 g/mol. The number of rotatable bonds is 5. The highest BCUT2D eigenvalue weighted by Crippen LogP contribution is 2.56. The molecule has 2 heterocycles. The van der Waals surface area contributed by atoms with E-state index in [-0.39, 0.29) is 11.3 Å². The highest BCUT2D eigenvalue weighted by molar-refractivity contribution is 5.80. The summed E-state index contributed by atoms with van der Waals surface area (Å²) < 4.78 is 38.3. The first-order valence-electron chi connectivity index (χ1n) is 12.7. The molecule has 1 spiro atoms. The third-order valence-corrected chi connectivity index (χ3v) is 8.57. The molecule has 2 aromatic rings. The minimum Gasteiger partial charge on any atom is -0.341 e. The Morgan fingerprint density at radius 1 is 1.00 bits per heavy atom. The lowest BCUT2D eigenvalue weighted by Gasteiger charge is -2.59. The lowest BCUT2D eigenvalue weighted by molar-refractivity contribution is -0.157. The summed E-state index contributed by atoms with van der Waals surface area (Å²) in [6, 6.07) is 5.53. The van der Waals surface area contributed by atoms with Crippen LogP contribution < -0.4 is 0 Å². The third kappa shape index (κ3) is 4.24. The molecular weight excluding hydrogens is 441 g/mol. The molecule has 0 radical (unpaired) electrons. The largest absolute Gasteiger partial charge is 0.416 e. The van der Waals surface area contributed by atoms with Crippen LogP contribution >= 0.6 is 0 Å². The molecule has 4 aliphatic rings. The molecule has 34 heavy (non-hydrogen) atoms. The van der Waals surface area contributed by atoms with Gasteiger partial charge in [0.15, 0.2) is 5.82 Å². The molecule has 6 rings (SSSR count). The van der Waals surface area contributed by atoms with Gasteiger partial charge < -0.3 is 4.90 Å². The van der Waals surface area contributed by atoms with Crippen LogP contribution in [0, 0.1) is 17.3 Å². The van der Waals surface area contributed by atoms with E-state index in [0.717, 1.165) is 75.2 Å². The van der Waals surface area contributed by atoms with Crippen LogP contribution in [0.5, 0.6) is 0 Å². The van der Waals surface area contributed by atoms with Crippen molar-refractivity contribution in [3.05, 3.63) is 47.0 Å². The van der Waals surface area contributed by atoms with Crippen LogP contribution in [0.15, 0.2) is 24.3 Å². The molecule has 1 saturated heterocycles. The number of benzene rings is 1. The van der Waals surface area contributed by atoms with Crippen LogP contribution in [0.2, 0.25) is 0 Å². The maximum Gasteiger partial charge on any atom is 0.416 e. The van der Waals surface area contributed by atoms with Crippen molar-refractivity contribution in [1.29, 1.82) is 0 Å². The molecule has 4 fully saturated rings. The number of nitrogens with one attached hydrogen (secondary N) is 1. The van der Waals surface area contributed by atoms with Crippen LogP contribution in [0.25, 0.3) is 0 Å². The molecule has 1 N–H and O–H groups in total. The summed E-state index contributed by atoms with van der Waals surface area (Å²) in [5.74, 6) is 3.89. The normalized spacial score (nSPS) is 26.9. The first-order valence-corrected chi connectivity index (χ1v) is 12.7. The molecule has 182 valence electrons. The Morgan fingerprint density at radius 3 is 2.29 bits per heavy atom. The van der Waals surface area contributed by atoms with Gasteiger partial charge in [0.25, 0.3) is 0 Å². The van der Waals surface area contributed by atoms with Gasteiger partial charge in [-0.15, -0.1) is 0 Å². The first-order chi connectivity index (χ1) is 16.3. The lowest BCUT2D eigenvalue weighted by Crippen LogP contribution is -2.64. The van der Waals surface area contributed by atoms with E-state index in [4.69, 9.17) is 4.98 Å². The Bertz CT molecular complexity index is 1040. The molecule has 1 aromatic carbocycles. The number of hydrogen-bond donors (Lipinski definition) is 1. The van der Waals surface area contributed by atoms with Gasteiger partial charge in [-0.2, -0.15) is 18.3 Å². The standard InChI is InChI=1S/C26H31F3N4O/c27-26(28,29)21-9-3-17(4-10-21)11-16-1-5-19(6-2-16)24(34)33-14-25(15-33)12-20(13-25)23-30-22(31-32-23)18-7-8-18/h3-4,9-10,16,18-20H,1-2,5-8,11-15H2,(H,30,31,32).